The van der Waals surface area contributed by atoms with Crippen molar-refractivity contribution in [1.29, 1.82) is 0 Å². The van der Waals surface area contributed by atoms with Gasteiger partial charge in [0, 0.05) is 19.1 Å². The van der Waals surface area contributed by atoms with E-state index in [2.05, 4.69) is 31.2 Å². The Morgan fingerprint density at radius 3 is 2.43 bits per heavy atom. The molecule has 3 nitrogen and oxygen atoms in total. The van der Waals surface area contributed by atoms with Crippen molar-refractivity contribution in [2.45, 2.75) is 44.2 Å². The fraction of sp³-hybridized carbons (Fsp3) is 1.00. The van der Waals surface area contributed by atoms with Gasteiger partial charge >= 0.3 is 0 Å². The minimum Gasteiger partial charge on any atom is -0.389 e. The Hall–Kier alpha value is -0.120. The van der Waals surface area contributed by atoms with Crippen LogP contribution in [-0.2, 0) is 0 Å². The average molecular weight is 200 g/mol. The van der Waals surface area contributed by atoms with Crippen LogP contribution in [0.5, 0.6) is 0 Å². The smallest absolute Gasteiger partial charge is 0.0771 e. The number of rotatable bonds is 5. The van der Waals surface area contributed by atoms with E-state index < -0.39 is 5.60 Å². The molecule has 0 spiro atoms. The van der Waals surface area contributed by atoms with Crippen LogP contribution in [0, 0.1) is 0 Å². The van der Waals surface area contributed by atoms with Crippen LogP contribution in [-0.4, -0.2) is 48.8 Å². The summed E-state index contributed by atoms with van der Waals surface area (Å²) in [7, 11) is 4.16. The van der Waals surface area contributed by atoms with Crippen molar-refractivity contribution in [1.82, 2.24) is 10.2 Å². The standard InChI is InChI=1S/C11H24N2O/c1-10(13(2)3)8-12-9-11(14)6-4-5-7-11/h10,12,14H,4-9H2,1-3H3. The SMILES string of the molecule is CC(CNCC1(O)CCCC1)N(C)C. The topological polar surface area (TPSA) is 35.5 Å². The van der Waals surface area contributed by atoms with Crippen molar-refractivity contribution in [3.8, 4) is 0 Å². The van der Waals surface area contributed by atoms with E-state index >= 15 is 0 Å². The third-order valence-corrected chi connectivity index (χ3v) is 3.31. The van der Waals surface area contributed by atoms with Gasteiger partial charge in [-0.1, -0.05) is 12.8 Å². The second-order valence-corrected chi connectivity index (χ2v) is 4.87. The van der Waals surface area contributed by atoms with Gasteiger partial charge in [-0.15, -0.1) is 0 Å². The summed E-state index contributed by atoms with van der Waals surface area (Å²) in [5, 5.41) is 13.4. The fourth-order valence-electron chi connectivity index (χ4n) is 1.91. The van der Waals surface area contributed by atoms with E-state index in [0.717, 1.165) is 25.9 Å². The maximum Gasteiger partial charge on any atom is 0.0771 e. The molecule has 0 amide bonds. The Balaban J connectivity index is 2.14. The molecule has 0 heterocycles. The maximum atomic E-state index is 10.1. The first kappa shape index (κ1) is 12.0. The average Bonchev–Trinajstić information content (AvgIpc) is 2.52. The van der Waals surface area contributed by atoms with Gasteiger partial charge in [-0.05, 0) is 33.9 Å². The molecule has 1 aliphatic rings. The molecule has 14 heavy (non-hydrogen) atoms. The maximum absolute atomic E-state index is 10.1. The lowest BCUT2D eigenvalue weighted by Gasteiger charge is -2.25. The fourth-order valence-corrected chi connectivity index (χ4v) is 1.91. The van der Waals surface area contributed by atoms with E-state index in [1.54, 1.807) is 0 Å². The predicted octanol–water partition coefficient (Wildman–Crippen LogP) is 0.831. The number of likely N-dealkylation sites (N-methyl/N-ethyl adjacent to an activating group) is 1. The highest BCUT2D eigenvalue weighted by molar-refractivity contribution is 4.86. The second-order valence-electron chi connectivity index (χ2n) is 4.87. The molecule has 84 valence electrons. The number of nitrogens with zero attached hydrogens (tertiary/aromatic N) is 1. The summed E-state index contributed by atoms with van der Waals surface area (Å²) < 4.78 is 0. The van der Waals surface area contributed by atoms with Crippen molar-refractivity contribution < 1.29 is 5.11 Å². The molecule has 1 aliphatic carbocycles. The quantitative estimate of drug-likeness (QED) is 0.690. The Bertz CT molecular complexity index is 165. The number of hydrogen-bond acceptors (Lipinski definition) is 3. The third-order valence-electron chi connectivity index (χ3n) is 3.31. The van der Waals surface area contributed by atoms with Crippen LogP contribution in [0.1, 0.15) is 32.6 Å². The molecule has 0 aromatic carbocycles. The van der Waals surface area contributed by atoms with Crippen molar-refractivity contribution in [2.75, 3.05) is 27.2 Å². The van der Waals surface area contributed by atoms with E-state index in [1.165, 1.54) is 12.8 Å². The molecule has 3 heteroatoms. The zero-order chi connectivity index (χ0) is 10.6. The minimum absolute atomic E-state index is 0.411. The number of hydrogen-bond donors (Lipinski definition) is 2. The Kier molecular flexibility index (Phi) is 4.35. The van der Waals surface area contributed by atoms with Gasteiger partial charge in [0.2, 0.25) is 0 Å². The molecule has 0 saturated heterocycles. The van der Waals surface area contributed by atoms with Gasteiger partial charge in [0.1, 0.15) is 0 Å². The first-order chi connectivity index (χ1) is 6.53. The Morgan fingerprint density at radius 1 is 1.36 bits per heavy atom. The molecular weight excluding hydrogens is 176 g/mol. The van der Waals surface area contributed by atoms with Crippen molar-refractivity contribution in [3.05, 3.63) is 0 Å². The molecule has 1 rings (SSSR count). The highest BCUT2D eigenvalue weighted by Crippen LogP contribution is 2.28. The van der Waals surface area contributed by atoms with Crippen LogP contribution in [0.3, 0.4) is 0 Å². The molecule has 0 aromatic heterocycles. The van der Waals surface area contributed by atoms with E-state index in [1.807, 2.05) is 0 Å². The molecule has 0 aliphatic heterocycles. The Labute approximate surface area is 87.5 Å². The summed E-state index contributed by atoms with van der Waals surface area (Å²) in [5.41, 5.74) is -0.411. The normalized spacial score (nSPS) is 22.9. The summed E-state index contributed by atoms with van der Waals surface area (Å²) in [6.07, 6.45) is 4.30. The van der Waals surface area contributed by atoms with Crippen LogP contribution in [0.25, 0.3) is 0 Å². The molecule has 0 radical (unpaired) electrons. The molecular formula is C11H24N2O. The van der Waals surface area contributed by atoms with E-state index in [9.17, 15) is 5.11 Å². The van der Waals surface area contributed by atoms with Gasteiger partial charge in [-0.25, -0.2) is 0 Å². The van der Waals surface area contributed by atoms with Gasteiger partial charge in [-0.2, -0.15) is 0 Å². The molecule has 2 N–H and O–H groups in total. The van der Waals surface area contributed by atoms with E-state index in [0.29, 0.717) is 6.04 Å². The number of aliphatic hydroxyl groups is 1. The third kappa shape index (κ3) is 3.56. The predicted molar refractivity (Wildman–Crippen MR) is 59.4 cm³/mol. The van der Waals surface area contributed by atoms with Crippen LogP contribution in [0.4, 0.5) is 0 Å². The summed E-state index contributed by atoms with van der Waals surface area (Å²) in [4.78, 5) is 2.19. The minimum atomic E-state index is -0.411. The van der Waals surface area contributed by atoms with Gasteiger partial charge in [-0.3, -0.25) is 0 Å². The highest BCUT2D eigenvalue weighted by Gasteiger charge is 2.30. The largest absolute Gasteiger partial charge is 0.389 e. The summed E-state index contributed by atoms with van der Waals surface area (Å²) >= 11 is 0. The monoisotopic (exact) mass is 200 g/mol. The van der Waals surface area contributed by atoms with Gasteiger partial charge < -0.3 is 15.3 Å². The molecule has 1 saturated carbocycles. The molecule has 0 aromatic rings. The van der Waals surface area contributed by atoms with Gasteiger partial charge in [0.05, 0.1) is 5.60 Å². The van der Waals surface area contributed by atoms with Crippen LogP contribution < -0.4 is 5.32 Å². The van der Waals surface area contributed by atoms with E-state index in [-0.39, 0.29) is 0 Å². The van der Waals surface area contributed by atoms with Gasteiger partial charge in [0.25, 0.3) is 0 Å². The van der Waals surface area contributed by atoms with Crippen LogP contribution in [0.2, 0.25) is 0 Å². The van der Waals surface area contributed by atoms with E-state index in [4.69, 9.17) is 0 Å². The molecule has 1 fully saturated rings. The lowest BCUT2D eigenvalue weighted by Crippen LogP contribution is -2.43. The van der Waals surface area contributed by atoms with Crippen LogP contribution in [0.15, 0.2) is 0 Å². The number of nitrogens with one attached hydrogen (secondary N) is 1. The first-order valence-electron chi connectivity index (χ1n) is 5.63. The Morgan fingerprint density at radius 2 is 1.93 bits per heavy atom. The zero-order valence-electron chi connectivity index (χ0n) is 9.71. The van der Waals surface area contributed by atoms with Crippen molar-refractivity contribution in [2.24, 2.45) is 0 Å². The van der Waals surface area contributed by atoms with Crippen molar-refractivity contribution in [3.63, 3.8) is 0 Å². The lowest BCUT2D eigenvalue weighted by atomic mass is 10.0. The first-order valence-corrected chi connectivity index (χ1v) is 5.63. The summed E-state index contributed by atoms with van der Waals surface area (Å²) in [6, 6.07) is 0.528. The molecule has 0 bridgehead atoms. The zero-order valence-corrected chi connectivity index (χ0v) is 9.71. The van der Waals surface area contributed by atoms with Crippen LogP contribution >= 0.6 is 0 Å². The highest BCUT2D eigenvalue weighted by atomic mass is 16.3. The second kappa shape index (κ2) is 5.10. The van der Waals surface area contributed by atoms with Gasteiger partial charge in [0.15, 0.2) is 0 Å². The lowest BCUT2D eigenvalue weighted by molar-refractivity contribution is 0.0465. The summed E-state index contributed by atoms with van der Waals surface area (Å²) in [5.74, 6) is 0. The summed E-state index contributed by atoms with van der Waals surface area (Å²) in [6.45, 7) is 3.90. The molecule has 1 atom stereocenters. The van der Waals surface area contributed by atoms with Crippen molar-refractivity contribution >= 4 is 0 Å². The molecule has 1 unspecified atom stereocenters.